The normalized spacial score (nSPS) is 31.4. The predicted octanol–water partition coefficient (Wildman–Crippen LogP) is 3.99. The monoisotopic (exact) mass is 576 g/mol. The van der Waals surface area contributed by atoms with E-state index >= 15 is 0 Å². The molecule has 4 aliphatic carbocycles. The zero-order valence-corrected chi connectivity index (χ0v) is 23.8. The van der Waals surface area contributed by atoms with Crippen molar-refractivity contribution in [1.82, 2.24) is 0 Å². The van der Waals surface area contributed by atoms with E-state index < -0.39 is 32.4 Å². The fourth-order valence-electron chi connectivity index (χ4n) is 6.88. The highest BCUT2D eigenvalue weighted by Crippen LogP contribution is 2.61. The summed E-state index contributed by atoms with van der Waals surface area (Å²) in [7, 11) is -5.67. The number of carbonyl (C=O) groups is 1. The van der Waals surface area contributed by atoms with Crippen molar-refractivity contribution in [2.75, 3.05) is 31.3 Å². The van der Waals surface area contributed by atoms with Crippen LogP contribution in [0.1, 0.15) is 64.9 Å². The lowest BCUT2D eigenvalue weighted by molar-refractivity contribution is -0.193. The number of ether oxygens (including phenoxy) is 2. The lowest BCUT2D eigenvalue weighted by Gasteiger charge is -2.59. The van der Waals surface area contributed by atoms with E-state index in [0.717, 1.165) is 19.6 Å². The first-order chi connectivity index (χ1) is 17.5. The quantitative estimate of drug-likeness (QED) is 0.320. The topological polar surface area (TPSA) is 113 Å². The van der Waals surface area contributed by atoms with Gasteiger partial charge in [0.1, 0.15) is 11.5 Å². The van der Waals surface area contributed by atoms with E-state index in [-0.39, 0.29) is 23.9 Å². The van der Waals surface area contributed by atoms with E-state index in [0.29, 0.717) is 43.0 Å². The largest absolute Gasteiger partial charge is 0.743 e. The summed E-state index contributed by atoms with van der Waals surface area (Å²) in [6, 6.07) is 9.21. The van der Waals surface area contributed by atoms with Crippen molar-refractivity contribution < 1.29 is 41.1 Å². The third-order valence-corrected chi connectivity index (χ3v) is 11.3. The van der Waals surface area contributed by atoms with E-state index in [1.54, 1.807) is 0 Å². The number of hydrogen-bond donors (Lipinski definition) is 1. The van der Waals surface area contributed by atoms with E-state index in [2.05, 4.69) is 49.8 Å². The molecule has 1 aromatic carbocycles. The van der Waals surface area contributed by atoms with E-state index in [1.807, 2.05) is 0 Å². The summed E-state index contributed by atoms with van der Waals surface area (Å²) in [5.74, 6) is 0.622. The summed E-state index contributed by atoms with van der Waals surface area (Å²) >= 11 is 0. The highest BCUT2D eigenvalue weighted by molar-refractivity contribution is 7.97. The number of hydrogen-bond acceptors (Lipinski definition) is 7. The number of benzene rings is 1. The molecule has 1 N–H and O–H groups in total. The average molecular weight is 577 g/mol. The molecule has 1 heterocycles. The Bertz CT molecular complexity index is 1100. The number of alkyl halides is 2. The third kappa shape index (κ3) is 6.54. The number of esters is 1. The summed E-state index contributed by atoms with van der Waals surface area (Å²) in [5.41, 5.74) is 0.256. The third-order valence-electron chi connectivity index (χ3n) is 8.21. The van der Waals surface area contributed by atoms with Crippen molar-refractivity contribution in [3.63, 3.8) is 0 Å². The first-order valence-electron chi connectivity index (χ1n) is 13.1. The Balaban J connectivity index is 0.000000186. The second-order valence-electron chi connectivity index (χ2n) is 12.5. The second-order valence-corrected chi connectivity index (χ2v) is 16.2. The molecule has 4 saturated carbocycles. The maximum absolute atomic E-state index is 13.1. The summed E-state index contributed by atoms with van der Waals surface area (Å²) in [6.45, 7) is 8.27. The van der Waals surface area contributed by atoms with E-state index in [1.165, 1.54) is 22.0 Å². The molecule has 38 heavy (non-hydrogen) atoms. The molecular formula is C27H38F2O7S2. The molecule has 7 nitrogen and oxygen atoms in total. The Morgan fingerprint density at radius 3 is 2.13 bits per heavy atom. The molecule has 0 amide bonds. The van der Waals surface area contributed by atoms with Crippen LogP contribution in [0.25, 0.3) is 0 Å². The molecule has 1 aliphatic heterocycles. The molecule has 5 aliphatic rings. The van der Waals surface area contributed by atoms with Gasteiger partial charge in [0, 0.05) is 16.3 Å². The molecule has 0 aromatic heterocycles. The van der Waals surface area contributed by atoms with Crippen LogP contribution in [0, 0.1) is 17.3 Å². The highest BCUT2D eigenvalue weighted by Gasteiger charge is 2.58. The number of rotatable bonds is 5. The van der Waals surface area contributed by atoms with Crippen LogP contribution >= 0.6 is 0 Å². The molecule has 1 saturated heterocycles. The minimum Gasteiger partial charge on any atom is -0.743 e. The minimum absolute atomic E-state index is 0.261. The van der Waals surface area contributed by atoms with Gasteiger partial charge in [-0.2, -0.15) is 8.78 Å². The Hall–Kier alpha value is -1.27. The Morgan fingerprint density at radius 1 is 1.11 bits per heavy atom. The molecule has 1 aromatic rings. The van der Waals surface area contributed by atoms with Gasteiger partial charge in [0.05, 0.1) is 25.4 Å². The minimum atomic E-state index is -6.10. The predicted molar refractivity (Wildman–Crippen MR) is 139 cm³/mol. The van der Waals surface area contributed by atoms with Crippen molar-refractivity contribution in [2.45, 2.75) is 80.5 Å². The van der Waals surface area contributed by atoms with Gasteiger partial charge in [0.15, 0.2) is 15.0 Å². The Kier molecular flexibility index (Phi) is 8.30. The standard InChI is InChI=1S/C14H21OS.C13H18F2O6S/c1-14(2,3)12-4-6-13(7-5-12)16-10-8-15-9-11-16;14-13(15,22(18,19)20)10(16)21-7-11-2-8-1-9(3-11)5-12(17,4-8)6-11/h4-7H,8-11H2,1-3H3;8-9,17H,1-7H2,(H,18,19,20)/q+1;/p-1. The van der Waals surface area contributed by atoms with Crippen LogP contribution in [-0.4, -0.2) is 66.2 Å². The van der Waals surface area contributed by atoms with Gasteiger partial charge in [0.25, 0.3) is 0 Å². The molecular weight excluding hydrogens is 538 g/mol. The Morgan fingerprint density at radius 2 is 1.66 bits per heavy atom. The van der Waals surface area contributed by atoms with Crippen LogP contribution in [0.4, 0.5) is 8.78 Å². The van der Waals surface area contributed by atoms with Gasteiger partial charge in [-0.05, 0) is 73.5 Å². The molecule has 214 valence electrons. The molecule has 0 spiro atoms. The van der Waals surface area contributed by atoms with E-state index in [4.69, 9.17) is 4.74 Å². The fraction of sp³-hybridized carbons (Fsp3) is 0.741. The van der Waals surface area contributed by atoms with Crippen LogP contribution in [0.2, 0.25) is 0 Å². The smallest absolute Gasteiger partial charge is 0.428 e. The molecule has 11 heteroatoms. The molecule has 0 radical (unpaired) electrons. The zero-order chi connectivity index (χ0) is 28.0. The maximum atomic E-state index is 13.1. The van der Waals surface area contributed by atoms with Crippen LogP contribution in [0.15, 0.2) is 29.2 Å². The first kappa shape index (κ1) is 29.7. The SMILES string of the molecule is CC(C)(C)c1ccc([S+]2CCOCC2)cc1.O=C(OCC12CC3CC(CC(O)(C3)C1)C2)C(F)(F)S(=O)(=O)[O-]. The van der Waals surface area contributed by atoms with Gasteiger partial charge in [-0.15, -0.1) is 0 Å². The second kappa shape index (κ2) is 10.6. The maximum Gasteiger partial charge on any atom is 0.428 e. The number of halogens is 2. The summed E-state index contributed by atoms with van der Waals surface area (Å²) in [6.07, 6.45) is 4.00. The zero-order valence-electron chi connectivity index (χ0n) is 22.2. The van der Waals surface area contributed by atoms with Crippen molar-refractivity contribution in [1.29, 1.82) is 0 Å². The molecule has 6 rings (SSSR count). The lowest BCUT2D eigenvalue weighted by atomic mass is 9.48. The molecule has 2 unspecified atom stereocenters. The highest BCUT2D eigenvalue weighted by atomic mass is 32.2. The van der Waals surface area contributed by atoms with Crippen molar-refractivity contribution in [2.24, 2.45) is 17.3 Å². The summed E-state index contributed by atoms with van der Waals surface area (Å²) in [5, 5.41) is 5.41. The van der Waals surface area contributed by atoms with Crippen molar-refractivity contribution >= 4 is 27.0 Å². The average Bonchev–Trinajstić information content (AvgIpc) is 2.81. The lowest BCUT2D eigenvalue weighted by Crippen LogP contribution is -2.57. The van der Waals surface area contributed by atoms with Crippen molar-refractivity contribution in [3.05, 3.63) is 29.8 Å². The van der Waals surface area contributed by atoms with Crippen molar-refractivity contribution in [3.8, 4) is 0 Å². The van der Waals surface area contributed by atoms with Gasteiger partial charge in [-0.25, -0.2) is 13.2 Å². The van der Waals surface area contributed by atoms with Crippen LogP contribution < -0.4 is 0 Å². The van der Waals surface area contributed by atoms with Gasteiger partial charge in [-0.1, -0.05) is 32.9 Å². The number of carbonyl (C=O) groups excluding carboxylic acids is 1. The molecule has 5 fully saturated rings. The van der Waals surface area contributed by atoms with Gasteiger partial charge in [-0.3, -0.25) is 0 Å². The molecule has 2 atom stereocenters. The van der Waals surface area contributed by atoms with Gasteiger partial charge in [0.2, 0.25) is 0 Å². The fourth-order valence-corrected chi connectivity index (χ4v) is 8.98. The molecule has 4 bridgehead atoms. The Labute approximate surface area is 226 Å². The van der Waals surface area contributed by atoms with Gasteiger partial charge < -0.3 is 19.1 Å². The van der Waals surface area contributed by atoms with Crippen LogP contribution in [0.3, 0.4) is 0 Å². The van der Waals surface area contributed by atoms with Crippen LogP contribution in [0.5, 0.6) is 0 Å². The summed E-state index contributed by atoms with van der Waals surface area (Å²) in [4.78, 5) is 12.8. The summed E-state index contributed by atoms with van der Waals surface area (Å²) < 4.78 is 67.4. The van der Waals surface area contributed by atoms with E-state index in [9.17, 15) is 31.7 Å². The first-order valence-corrected chi connectivity index (χ1v) is 16.1. The van der Waals surface area contributed by atoms with Gasteiger partial charge >= 0.3 is 11.2 Å². The number of aliphatic hydroxyl groups is 1. The van der Waals surface area contributed by atoms with Crippen LogP contribution in [-0.2, 0) is 40.7 Å².